The van der Waals surface area contributed by atoms with E-state index >= 15 is 0 Å². The van der Waals surface area contributed by atoms with Crippen LogP contribution >= 0.6 is 15.9 Å². The number of aryl methyl sites for hydroxylation is 1. The molecule has 0 unspecified atom stereocenters. The lowest BCUT2D eigenvalue weighted by Gasteiger charge is -2.28. The van der Waals surface area contributed by atoms with Gasteiger partial charge >= 0.3 is 0 Å². The molecule has 0 aliphatic carbocycles. The SMILES string of the molecule is Cc1ccc(CN2CCc3nc(-c4ccccc4)[nH]c(=O)c3C2)c(Br)c1. The highest BCUT2D eigenvalue weighted by molar-refractivity contribution is 9.10. The highest BCUT2D eigenvalue weighted by Gasteiger charge is 2.22. The number of aromatic nitrogens is 2. The van der Waals surface area contributed by atoms with E-state index in [4.69, 9.17) is 4.98 Å². The quantitative estimate of drug-likeness (QED) is 0.709. The second-order valence-electron chi connectivity index (χ2n) is 6.76. The Labute approximate surface area is 161 Å². The first-order valence-electron chi connectivity index (χ1n) is 8.75. The van der Waals surface area contributed by atoms with Crippen molar-refractivity contribution in [1.29, 1.82) is 0 Å². The van der Waals surface area contributed by atoms with Gasteiger partial charge in [-0.1, -0.05) is 58.4 Å². The van der Waals surface area contributed by atoms with E-state index < -0.39 is 0 Å². The fourth-order valence-electron chi connectivity index (χ4n) is 3.37. The number of aromatic amines is 1. The maximum Gasteiger partial charge on any atom is 0.255 e. The van der Waals surface area contributed by atoms with E-state index in [9.17, 15) is 4.79 Å². The van der Waals surface area contributed by atoms with Crippen LogP contribution in [0.5, 0.6) is 0 Å². The molecule has 5 heteroatoms. The van der Waals surface area contributed by atoms with Gasteiger partial charge in [0.05, 0.1) is 11.3 Å². The Bertz CT molecular complexity index is 998. The van der Waals surface area contributed by atoms with Crippen LogP contribution in [-0.2, 0) is 19.5 Å². The zero-order chi connectivity index (χ0) is 18.1. The van der Waals surface area contributed by atoms with Crippen molar-refractivity contribution in [3.63, 3.8) is 0 Å². The summed E-state index contributed by atoms with van der Waals surface area (Å²) >= 11 is 3.65. The highest BCUT2D eigenvalue weighted by atomic mass is 79.9. The average molecular weight is 410 g/mol. The van der Waals surface area contributed by atoms with Crippen LogP contribution in [0.2, 0.25) is 0 Å². The maximum absolute atomic E-state index is 12.6. The lowest BCUT2D eigenvalue weighted by atomic mass is 10.0. The van der Waals surface area contributed by atoms with Crippen molar-refractivity contribution in [1.82, 2.24) is 14.9 Å². The molecule has 1 aromatic heterocycles. The summed E-state index contributed by atoms with van der Waals surface area (Å²) < 4.78 is 1.12. The van der Waals surface area contributed by atoms with Gasteiger partial charge in [0.25, 0.3) is 5.56 Å². The topological polar surface area (TPSA) is 49.0 Å². The monoisotopic (exact) mass is 409 g/mol. The van der Waals surface area contributed by atoms with Gasteiger partial charge in [-0.25, -0.2) is 4.98 Å². The molecule has 4 nitrogen and oxygen atoms in total. The number of nitrogens with one attached hydrogen (secondary N) is 1. The summed E-state index contributed by atoms with van der Waals surface area (Å²) in [4.78, 5) is 22.6. The highest BCUT2D eigenvalue weighted by Crippen LogP contribution is 2.23. The predicted molar refractivity (Wildman–Crippen MR) is 107 cm³/mol. The number of benzene rings is 2. The van der Waals surface area contributed by atoms with Crippen molar-refractivity contribution >= 4 is 15.9 Å². The van der Waals surface area contributed by atoms with Crippen LogP contribution in [0.15, 0.2) is 57.8 Å². The zero-order valence-corrected chi connectivity index (χ0v) is 16.2. The van der Waals surface area contributed by atoms with Gasteiger partial charge in [-0.3, -0.25) is 9.69 Å². The van der Waals surface area contributed by atoms with E-state index in [0.29, 0.717) is 12.4 Å². The molecule has 2 aromatic carbocycles. The van der Waals surface area contributed by atoms with Gasteiger partial charge in [0.2, 0.25) is 0 Å². The van der Waals surface area contributed by atoms with E-state index in [2.05, 4.69) is 50.9 Å². The van der Waals surface area contributed by atoms with Crippen LogP contribution in [0.25, 0.3) is 11.4 Å². The lowest BCUT2D eigenvalue weighted by Crippen LogP contribution is -2.35. The summed E-state index contributed by atoms with van der Waals surface area (Å²) in [5.74, 6) is 0.657. The molecular weight excluding hydrogens is 390 g/mol. The van der Waals surface area contributed by atoms with Gasteiger partial charge in [-0.2, -0.15) is 0 Å². The first-order chi connectivity index (χ1) is 12.6. The molecule has 1 N–H and O–H groups in total. The molecule has 4 rings (SSSR count). The minimum absolute atomic E-state index is 0.0264. The summed E-state index contributed by atoms with van der Waals surface area (Å²) in [5, 5.41) is 0. The Hall–Kier alpha value is -2.24. The molecule has 0 saturated carbocycles. The van der Waals surface area contributed by atoms with Crippen LogP contribution in [-0.4, -0.2) is 21.4 Å². The molecule has 3 aromatic rings. The number of rotatable bonds is 3. The fraction of sp³-hybridized carbons (Fsp3) is 0.238. The van der Waals surface area contributed by atoms with Crippen LogP contribution in [0.4, 0.5) is 0 Å². The van der Waals surface area contributed by atoms with Gasteiger partial charge in [0.15, 0.2) is 0 Å². The number of fused-ring (bicyclic) bond motifs is 1. The smallest absolute Gasteiger partial charge is 0.255 e. The Morgan fingerprint density at radius 3 is 2.77 bits per heavy atom. The molecule has 26 heavy (non-hydrogen) atoms. The van der Waals surface area contributed by atoms with E-state index in [1.54, 1.807) is 0 Å². The van der Waals surface area contributed by atoms with Gasteiger partial charge in [-0.15, -0.1) is 0 Å². The van der Waals surface area contributed by atoms with Gasteiger partial charge in [-0.05, 0) is 24.1 Å². The number of hydrogen-bond donors (Lipinski definition) is 1. The summed E-state index contributed by atoms with van der Waals surface area (Å²) in [6, 6.07) is 16.2. The number of H-pyrrole nitrogens is 1. The van der Waals surface area contributed by atoms with Crippen molar-refractivity contribution in [2.75, 3.05) is 6.54 Å². The zero-order valence-electron chi connectivity index (χ0n) is 14.6. The minimum atomic E-state index is -0.0264. The van der Waals surface area contributed by atoms with Crippen molar-refractivity contribution in [3.05, 3.63) is 85.7 Å². The third-order valence-corrected chi connectivity index (χ3v) is 5.54. The van der Waals surface area contributed by atoms with Crippen LogP contribution < -0.4 is 5.56 Å². The molecule has 0 amide bonds. The molecule has 0 bridgehead atoms. The van der Waals surface area contributed by atoms with Crippen molar-refractivity contribution in [2.45, 2.75) is 26.4 Å². The number of hydrogen-bond acceptors (Lipinski definition) is 3. The Kier molecular flexibility index (Phi) is 4.74. The normalized spacial score (nSPS) is 14.2. The van der Waals surface area contributed by atoms with E-state index in [0.717, 1.165) is 40.8 Å². The largest absolute Gasteiger partial charge is 0.306 e. The second-order valence-corrected chi connectivity index (χ2v) is 7.62. The number of halogens is 1. The third kappa shape index (κ3) is 3.50. The molecular formula is C21H20BrN3O. The summed E-state index contributed by atoms with van der Waals surface area (Å²) in [6.45, 7) is 4.44. The van der Waals surface area contributed by atoms with E-state index in [1.165, 1.54) is 11.1 Å². The van der Waals surface area contributed by atoms with E-state index in [1.807, 2.05) is 30.3 Å². The molecule has 0 radical (unpaired) electrons. The molecule has 1 aliphatic rings. The van der Waals surface area contributed by atoms with Crippen molar-refractivity contribution in [2.24, 2.45) is 0 Å². The Morgan fingerprint density at radius 1 is 1.19 bits per heavy atom. The van der Waals surface area contributed by atoms with Crippen LogP contribution in [0, 0.1) is 6.92 Å². The van der Waals surface area contributed by atoms with Crippen LogP contribution in [0.1, 0.15) is 22.4 Å². The van der Waals surface area contributed by atoms with Gasteiger partial charge in [0, 0.05) is 36.1 Å². The summed E-state index contributed by atoms with van der Waals surface area (Å²) in [7, 11) is 0. The van der Waals surface area contributed by atoms with Crippen molar-refractivity contribution in [3.8, 4) is 11.4 Å². The van der Waals surface area contributed by atoms with E-state index in [-0.39, 0.29) is 5.56 Å². The van der Waals surface area contributed by atoms with Gasteiger partial charge in [0.1, 0.15) is 5.82 Å². The van der Waals surface area contributed by atoms with Crippen LogP contribution in [0.3, 0.4) is 0 Å². The van der Waals surface area contributed by atoms with Crippen molar-refractivity contribution < 1.29 is 0 Å². The number of nitrogens with zero attached hydrogens (tertiary/aromatic N) is 2. The fourth-order valence-corrected chi connectivity index (χ4v) is 3.99. The second kappa shape index (κ2) is 7.17. The molecule has 1 aliphatic heterocycles. The lowest BCUT2D eigenvalue weighted by molar-refractivity contribution is 0.241. The minimum Gasteiger partial charge on any atom is -0.306 e. The average Bonchev–Trinajstić information content (AvgIpc) is 2.65. The first-order valence-corrected chi connectivity index (χ1v) is 9.54. The summed E-state index contributed by atoms with van der Waals surface area (Å²) in [5.41, 5.74) is 5.11. The molecule has 2 heterocycles. The van der Waals surface area contributed by atoms with Gasteiger partial charge < -0.3 is 4.98 Å². The molecule has 132 valence electrons. The molecule has 0 atom stereocenters. The molecule has 0 fully saturated rings. The Balaban J connectivity index is 1.58. The molecule has 0 spiro atoms. The first kappa shape index (κ1) is 17.2. The molecule has 0 saturated heterocycles. The standard InChI is InChI=1S/C21H20BrN3O/c1-14-7-8-16(18(22)11-14)12-25-10-9-19-17(13-25)21(26)24-20(23-19)15-5-3-2-4-6-15/h2-8,11H,9-10,12-13H2,1H3,(H,23,24,26). The maximum atomic E-state index is 12.6. The Morgan fingerprint density at radius 2 is 2.00 bits per heavy atom. The predicted octanol–water partition coefficient (Wildman–Crippen LogP) is 4.07. The third-order valence-electron chi connectivity index (χ3n) is 4.80. The summed E-state index contributed by atoms with van der Waals surface area (Å²) in [6.07, 6.45) is 0.794.